The first-order valence-corrected chi connectivity index (χ1v) is 8.29. The zero-order valence-electron chi connectivity index (χ0n) is 11.9. The quantitative estimate of drug-likeness (QED) is 0.845. The molecule has 5 heteroatoms. The number of nitrogens with one attached hydrogen (secondary N) is 1. The monoisotopic (exact) mass is 324 g/mol. The number of thiophene rings is 1. The van der Waals surface area contributed by atoms with E-state index in [1.54, 1.807) is 6.07 Å². The highest BCUT2D eigenvalue weighted by Crippen LogP contribution is 2.29. The lowest BCUT2D eigenvalue weighted by Gasteiger charge is -2.23. The molecule has 1 aromatic heterocycles. The standard InChI is InChI=1S/C16H18ClFN2S/c1-20(10-13-7-8-15(17)21-13)16-11(3-2-4-14(16)18)9-19-12-5-6-12/h2-4,7-8,12,19H,5-6,9-10H2,1H3. The van der Waals surface area contributed by atoms with Crippen molar-refractivity contribution in [1.82, 2.24) is 5.32 Å². The van der Waals surface area contributed by atoms with Crippen molar-refractivity contribution >= 4 is 28.6 Å². The maximum Gasteiger partial charge on any atom is 0.146 e. The van der Waals surface area contributed by atoms with Crippen LogP contribution in [0, 0.1) is 5.82 Å². The minimum atomic E-state index is -0.171. The number of para-hydroxylation sites is 1. The Hall–Kier alpha value is -1.10. The van der Waals surface area contributed by atoms with Gasteiger partial charge in [-0.25, -0.2) is 4.39 Å². The number of hydrogen-bond acceptors (Lipinski definition) is 3. The van der Waals surface area contributed by atoms with E-state index < -0.39 is 0 Å². The van der Waals surface area contributed by atoms with Crippen molar-refractivity contribution in [2.45, 2.75) is 32.0 Å². The summed E-state index contributed by atoms with van der Waals surface area (Å²) in [4.78, 5) is 3.09. The van der Waals surface area contributed by atoms with Crippen LogP contribution in [0.4, 0.5) is 10.1 Å². The Morgan fingerprint density at radius 1 is 1.33 bits per heavy atom. The number of benzene rings is 1. The van der Waals surface area contributed by atoms with Gasteiger partial charge in [0.15, 0.2) is 0 Å². The normalized spacial score (nSPS) is 14.4. The first-order valence-electron chi connectivity index (χ1n) is 7.09. The molecule has 1 heterocycles. The Morgan fingerprint density at radius 2 is 2.14 bits per heavy atom. The summed E-state index contributed by atoms with van der Waals surface area (Å²) in [7, 11) is 1.92. The predicted octanol–water partition coefficient (Wildman–Crippen LogP) is 4.43. The van der Waals surface area contributed by atoms with E-state index in [1.165, 1.54) is 30.2 Å². The number of anilines is 1. The highest BCUT2D eigenvalue weighted by molar-refractivity contribution is 7.16. The zero-order valence-corrected chi connectivity index (χ0v) is 13.5. The molecule has 1 N–H and O–H groups in total. The average Bonchev–Trinajstić information content (AvgIpc) is 3.19. The van der Waals surface area contributed by atoms with Crippen molar-refractivity contribution in [3.05, 3.63) is 50.9 Å². The lowest BCUT2D eigenvalue weighted by Crippen LogP contribution is -2.22. The second-order valence-electron chi connectivity index (χ2n) is 5.46. The molecule has 112 valence electrons. The van der Waals surface area contributed by atoms with Crippen molar-refractivity contribution in [2.24, 2.45) is 0 Å². The van der Waals surface area contributed by atoms with Crippen LogP contribution in [0.15, 0.2) is 30.3 Å². The summed E-state index contributed by atoms with van der Waals surface area (Å²) in [6.45, 7) is 1.38. The van der Waals surface area contributed by atoms with E-state index in [0.717, 1.165) is 14.8 Å². The molecular weight excluding hydrogens is 307 g/mol. The van der Waals surface area contributed by atoms with Gasteiger partial charge >= 0.3 is 0 Å². The SMILES string of the molecule is CN(Cc1ccc(Cl)s1)c1c(F)cccc1CNC1CC1. The molecule has 1 aliphatic rings. The summed E-state index contributed by atoms with van der Waals surface area (Å²) in [5, 5.41) is 3.45. The third-order valence-corrected chi connectivity index (χ3v) is 4.85. The second kappa shape index (κ2) is 6.34. The van der Waals surface area contributed by atoms with Gasteiger partial charge in [-0.05, 0) is 36.6 Å². The molecule has 2 nitrogen and oxygen atoms in total. The Morgan fingerprint density at radius 3 is 2.81 bits per heavy atom. The molecule has 0 aliphatic heterocycles. The van der Waals surface area contributed by atoms with Gasteiger partial charge in [-0.15, -0.1) is 11.3 Å². The first kappa shape index (κ1) is 14.8. The predicted molar refractivity (Wildman–Crippen MR) is 87.7 cm³/mol. The minimum Gasteiger partial charge on any atom is -0.367 e. The van der Waals surface area contributed by atoms with Gasteiger partial charge in [-0.1, -0.05) is 23.7 Å². The fraction of sp³-hybridized carbons (Fsp3) is 0.375. The molecule has 0 unspecified atom stereocenters. The summed E-state index contributed by atoms with van der Waals surface area (Å²) in [5.41, 5.74) is 1.68. The molecule has 0 amide bonds. The molecule has 1 fully saturated rings. The molecule has 3 rings (SSSR count). The van der Waals surface area contributed by atoms with Crippen LogP contribution in [-0.4, -0.2) is 13.1 Å². The van der Waals surface area contributed by atoms with E-state index in [0.29, 0.717) is 24.8 Å². The van der Waals surface area contributed by atoms with Crippen molar-refractivity contribution in [2.75, 3.05) is 11.9 Å². The highest BCUT2D eigenvalue weighted by atomic mass is 35.5. The Kier molecular flexibility index (Phi) is 4.48. The van der Waals surface area contributed by atoms with Crippen molar-refractivity contribution in [3.8, 4) is 0 Å². The van der Waals surface area contributed by atoms with E-state index in [2.05, 4.69) is 5.32 Å². The first-order chi connectivity index (χ1) is 10.1. The summed E-state index contributed by atoms with van der Waals surface area (Å²) in [6, 6.07) is 9.78. The van der Waals surface area contributed by atoms with Crippen LogP contribution in [0.5, 0.6) is 0 Å². The largest absolute Gasteiger partial charge is 0.367 e. The zero-order chi connectivity index (χ0) is 14.8. The van der Waals surface area contributed by atoms with Crippen LogP contribution in [-0.2, 0) is 13.1 Å². The third kappa shape index (κ3) is 3.76. The van der Waals surface area contributed by atoms with Crippen LogP contribution in [0.25, 0.3) is 0 Å². The topological polar surface area (TPSA) is 15.3 Å². The van der Waals surface area contributed by atoms with Gasteiger partial charge in [0.25, 0.3) is 0 Å². The molecule has 21 heavy (non-hydrogen) atoms. The van der Waals surface area contributed by atoms with Crippen LogP contribution >= 0.6 is 22.9 Å². The molecule has 1 aromatic carbocycles. The summed E-state index contributed by atoms with van der Waals surface area (Å²) < 4.78 is 15.0. The number of halogens is 2. The Balaban J connectivity index is 1.77. The van der Waals surface area contributed by atoms with E-state index in [-0.39, 0.29) is 5.82 Å². The van der Waals surface area contributed by atoms with Crippen molar-refractivity contribution in [3.63, 3.8) is 0 Å². The van der Waals surface area contributed by atoms with E-state index >= 15 is 0 Å². The molecule has 0 bridgehead atoms. The average molecular weight is 325 g/mol. The van der Waals surface area contributed by atoms with Gasteiger partial charge in [0.05, 0.1) is 16.6 Å². The smallest absolute Gasteiger partial charge is 0.146 e. The van der Waals surface area contributed by atoms with Gasteiger partial charge < -0.3 is 10.2 Å². The van der Waals surface area contributed by atoms with E-state index in [4.69, 9.17) is 11.6 Å². The number of nitrogens with zero attached hydrogens (tertiary/aromatic N) is 1. The molecule has 2 aromatic rings. The molecule has 0 atom stereocenters. The summed E-state index contributed by atoms with van der Waals surface area (Å²) in [5.74, 6) is -0.171. The van der Waals surface area contributed by atoms with Crippen LogP contribution in [0.2, 0.25) is 4.34 Å². The highest BCUT2D eigenvalue weighted by Gasteiger charge is 2.21. The fourth-order valence-electron chi connectivity index (χ4n) is 2.42. The maximum atomic E-state index is 14.3. The lowest BCUT2D eigenvalue weighted by molar-refractivity contribution is 0.613. The molecule has 1 saturated carbocycles. The van der Waals surface area contributed by atoms with Gasteiger partial charge in [-0.2, -0.15) is 0 Å². The molecule has 0 spiro atoms. The van der Waals surface area contributed by atoms with E-state index in [1.807, 2.05) is 30.1 Å². The summed E-state index contributed by atoms with van der Waals surface area (Å²) in [6.07, 6.45) is 2.46. The maximum absolute atomic E-state index is 14.3. The second-order valence-corrected chi connectivity index (χ2v) is 7.26. The van der Waals surface area contributed by atoms with Crippen molar-refractivity contribution in [1.29, 1.82) is 0 Å². The van der Waals surface area contributed by atoms with Gasteiger partial charge in [-0.3, -0.25) is 0 Å². The Labute approximate surface area is 133 Å². The molecule has 0 radical (unpaired) electrons. The third-order valence-electron chi connectivity index (χ3n) is 3.63. The molecular formula is C16H18ClFN2S. The van der Waals surface area contributed by atoms with Crippen LogP contribution < -0.4 is 10.2 Å². The molecule has 1 aliphatic carbocycles. The van der Waals surface area contributed by atoms with E-state index in [9.17, 15) is 4.39 Å². The van der Waals surface area contributed by atoms with Gasteiger partial charge in [0, 0.05) is 24.5 Å². The lowest BCUT2D eigenvalue weighted by atomic mass is 10.1. The van der Waals surface area contributed by atoms with Crippen LogP contribution in [0.3, 0.4) is 0 Å². The van der Waals surface area contributed by atoms with Crippen LogP contribution in [0.1, 0.15) is 23.3 Å². The van der Waals surface area contributed by atoms with Crippen molar-refractivity contribution < 1.29 is 4.39 Å². The fourth-order valence-corrected chi connectivity index (χ4v) is 3.56. The molecule has 0 saturated heterocycles. The number of hydrogen-bond donors (Lipinski definition) is 1. The van der Waals surface area contributed by atoms with Gasteiger partial charge in [0.1, 0.15) is 5.82 Å². The Bertz CT molecular complexity index is 624. The number of rotatable bonds is 6. The van der Waals surface area contributed by atoms with Gasteiger partial charge in [0.2, 0.25) is 0 Å². The summed E-state index contributed by atoms with van der Waals surface area (Å²) >= 11 is 7.50. The minimum absolute atomic E-state index is 0.171.